The summed E-state index contributed by atoms with van der Waals surface area (Å²) in [6, 6.07) is 9.55. The number of hydrogen-bond acceptors (Lipinski definition) is 5. The van der Waals surface area contributed by atoms with E-state index in [1.165, 1.54) is 6.20 Å². The average Bonchev–Trinajstić information content (AvgIpc) is 3.19. The summed E-state index contributed by atoms with van der Waals surface area (Å²) in [7, 11) is 1.88. The zero-order valence-corrected chi connectivity index (χ0v) is 14.8. The van der Waals surface area contributed by atoms with E-state index in [1.54, 1.807) is 9.36 Å². The SMILES string of the molecule is Cc1nn(C)cc1[C@H](C)Nc1nc2c(cnn2-c2ccccc2)c(=O)[nH]1. The van der Waals surface area contributed by atoms with Gasteiger partial charge in [-0.3, -0.25) is 14.5 Å². The van der Waals surface area contributed by atoms with Crippen molar-refractivity contribution in [1.82, 2.24) is 29.5 Å². The van der Waals surface area contributed by atoms with Crippen LogP contribution in [0.1, 0.15) is 24.2 Å². The quantitative estimate of drug-likeness (QED) is 0.590. The summed E-state index contributed by atoms with van der Waals surface area (Å²) in [5.41, 5.74) is 3.12. The summed E-state index contributed by atoms with van der Waals surface area (Å²) in [6.07, 6.45) is 3.49. The molecule has 0 spiro atoms. The number of nitrogens with zero attached hydrogens (tertiary/aromatic N) is 5. The molecule has 3 aromatic heterocycles. The van der Waals surface area contributed by atoms with Crippen molar-refractivity contribution in [3.63, 3.8) is 0 Å². The summed E-state index contributed by atoms with van der Waals surface area (Å²) in [4.78, 5) is 19.8. The summed E-state index contributed by atoms with van der Waals surface area (Å²) in [5, 5.41) is 12.4. The van der Waals surface area contributed by atoms with Crippen molar-refractivity contribution in [3.05, 3.63) is 64.3 Å². The van der Waals surface area contributed by atoms with Crippen molar-refractivity contribution in [1.29, 1.82) is 0 Å². The monoisotopic (exact) mass is 349 g/mol. The number of H-pyrrole nitrogens is 1. The minimum atomic E-state index is -0.227. The minimum Gasteiger partial charge on any atom is -0.349 e. The standard InChI is InChI=1S/C18H19N7O/c1-11(15-10-24(3)23-12(15)2)20-18-21-16-14(17(26)22-18)9-19-25(16)13-7-5-4-6-8-13/h4-11H,1-3H3,(H2,20,21,22,26)/t11-/m0/s1. The van der Waals surface area contributed by atoms with Gasteiger partial charge in [-0.1, -0.05) is 18.2 Å². The van der Waals surface area contributed by atoms with Crippen LogP contribution in [0.2, 0.25) is 0 Å². The van der Waals surface area contributed by atoms with E-state index in [0.717, 1.165) is 16.9 Å². The van der Waals surface area contributed by atoms with Crippen LogP contribution < -0.4 is 10.9 Å². The van der Waals surface area contributed by atoms with Crippen LogP contribution in [0.15, 0.2) is 47.5 Å². The van der Waals surface area contributed by atoms with E-state index in [1.807, 2.05) is 57.4 Å². The molecule has 4 aromatic rings. The van der Waals surface area contributed by atoms with Gasteiger partial charge in [0.2, 0.25) is 5.95 Å². The van der Waals surface area contributed by atoms with Gasteiger partial charge in [-0.2, -0.15) is 15.2 Å². The highest BCUT2D eigenvalue weighted by Gasteiger charge is 2.15. The van der Waals surface area contributed by atoms with Gasteiger partial charge in [0, 0.05) is 18.8 Å². The Bertz CT molecular complexity index is 1120. The molecule has 2 N–H and O–H groups in total. The number of aromatic amines is 1. The summed E-state index contributed by atoms with van der Waals surface area (Å²) in [6.45, 7) is 3.96. The Morgan fingerprint density at radius 1 is 1.23 bits per heavy atom. The highest BCUT2D eigenvalue weighted by Crippen LogP contribution is 2.20. The highest BCUT2D eigenvalue weighted by molar-refractivity contribution is 5.76. The van der Waals surface area contributed by atoms with Crippen LogP contribution in [0.4, 0.5) is 5.95 Å². The number of rotatable bonds is 4. The van der Waals surface area contributed by atoms with Crippen LogP contribution in [0.5, 0.6) is 0 Å². The van der Waals surface area contributed by atoms with E-state index >= 15 is 0 Å². The Morgan fingerprint density at radius 3 is 2.69 bits per heavy atom. The number of hydrogen-bond donors (Lipinski definition) is 2. The molecule has 26 heavy (non-hydrogen) atoms. The third kappa shape index (κ3) is 2.75. The first-order chi connectivity index (χ1) is 12.5. The zero-order chi connectivity index (χ0) is 18.3. The number of anilines is 1. The lowest BCUT2D eigenvalue weighted by Crippen LogP contribution is -2.16. The Labute approximate surface area is 149 Å². The number of benzene rings is 1. The van der Waals surface area contributed by atoms with Crippen LogP contribution in [0.3, 0.4) is 0 Å². The molecule has 8 nitrogen and oxygen atoms in total. The third-order valence-corrected chi connectivity index (χ3v) is 4.31. The highest BCUT2D eigenvalue weighted by atomic mass is 16.1. The first-order valence-electron chi connectivity index (χ1n) is 8.33. The molecule has 0 aliphatic carbocycles. The fourth-order valence-corrected chi connectivity index (χ4v) is 3.07. The number of nitrogens with one attached hydrogen (secondary N) is 2. The molecule has 132 valence electrons. The van der Waals surface area contributed by atoms with E-state index in [9.17, 15) is 4.79 Å². The van der Waals surface area contributed by atoms with Crippen LogP contribution in [-0.2, 0) is 7.05 Å². The molecule has 0 saturated carbocycles. The molecule has 0 aliphatic heterocycles. The summed E-state index contributed by atoms with van der Waals surface area (Å²) < 4.78 is 3.43. The molecule has 8 heteroatoms. The Kier molecular flexibility index (Phi) is 3.80. The van der Waals surface area contributed by atoms with Gasteiger partial charge >= 0.3 is 0 Å². The van der Waals surface area contributed by atoms with Gasteiger partial charge in [-0.25, -0.2) is 4.68 Å². The van der Waals surface area contributed by atoms with Gasteiger partial charge in [0.25, 0.3) is 5.56 Å². The van der Waals surface area contributed by atoms with Gasteiger partial charge in [0.1, 0.15) is 5.39 Å². The Morgan fingerprint density at radius 2 is 2.00 bits per heavy atom. The van der Waals surface area contributed by atoms with E-state index in [-0.39, 0.29) is 11.6 Å². The van der Waals surface area contributed by atoms with Crippen LogP contribution in [0.25, 0.3) is 16.7 Å². The van der Waals surface area contributed by atoms with E-state index in [2.05, 4.69) is 25.5 Å². The topological polar surface area (TPSA) is 93.4 Å². The van der Waals surface area contributed by atoms with Gasteiger partial charge in [0.05, 0.1) is 23.6 Å². The maximum Gasteiger partial charge on any atom is 0.263 e. The van der Waals surface area contributed by atoms with E-state index < -0.39 is 0 Å². The molecule has 3 heterocycles. The first kappa shape index (κ1) is 16.1. The molecule has 0 amide bonds. The zero-order valence-electron chi connectivity index (χ0n) is 14.8. The molecule has 0 radical (unpaired) electrons. The maximum atomic E-state index is 12.4. The maximum absolute atomic E-state index is 12.4. The van der Waals surface area contributed by atoms with Gasteiger partial charge in [0.15, 0.2) is 5.65 Å². The lowest BCUT2D eigenvalue weighted by molar-refractivity contribution is 0.756. The third-order valence-electron chi connectivity index (χ3n) is 4.31. The number of para-hydroxylation sites is 1. The summed E-state index contributed by atoms with van der Waals surface area (Å²) >= 11 is 0. The number of aryl methyl sites for hydroxylation is 2. The predicted molar refractivity (Wildman–Crippen MR) is 99.5 cm³/mol. The molecule has 0 saturated heterocycles. The smallest absolute Gasteiger partial charge is 0.263 e. The molecular weight excluding hydrogens is 330 g/mol. The van der Waals surface area contributed by atoms with Crippen molar-refractivity contribution in [2.24, 2.45) is 7.05 Å². The first-order valence-corrected chi connectivity index (χ1v) is 8.33. The second-order valence-corrected chi connectivity index (χ2v) is 6.25. The molecule has 1 aromatic carbocycles. The van der Waals surface area contributed by atoms with Crippen molar-refractivity contribution in [2.75, 3.05) is 5.32 Å². The van der Waals surface area contributed by atoms with E-state index in [4.69, 9.17) is 0 Å². The Balaban J connectivity index is 1.75. The lowest BCUT2D eigenvalue weighted by atomic mass is 10.1. The van der Waals surface area contributed by atoms with Crippen molar-refractivity contribution in [3.8, 4) is 5.69 Å². The van der Waals surface area contributed by atoms with Crippen molar-refractivity contribution < 1.29 is 0 Å². The number of aromatic nitrogens is 6. The largest absolute Gasteiger partial charge is 0.349 e. The second-order valence-electron chi connectivity index (χ2n) is 6.25. The fraction of sp³-hybridized carbons (Fsp3) is 0.222. The van der Waals surface area contributed by atoms with Crippen LogP contribution in [-0.4, -0.2) is 29.5 Å². The normalized spacial score (nSPS) is 12.4. The van der Waals surface area contributed by atoms with Crippen molar-refractivity contribution >= 4 is 17.0 Å². The molecule has 0 unspecified atom stereocenters. The van der Waals surface area contributed by atoms with Crippen LogP contribution in [0, 0.1) is 6.92 Å². The van der Waals surface area contributed by atoms with Crippen molar-refractivity contribution in [2.45, 2.75) is 19.9 Å². The van der Waals surface area contributed by atoms with Gasteiger partial charge in [-0.05, 0) is 26.0 Å². The summed E-state index contributed by atoms with van der Waals surface area (Å²) in [5.74, 6) is 0.399. The molecular formula is C18H19N7O. The lowest BCUT2D eigenvalue weighted by Gasteiger charge is -2.13. The second kappa shape index (κ2) is 6.14. The predicted octanol–water partition coefficient (Wildman–Crippen LogP) is 2.32. The molecule has 1 atom stereocenters. The fourth-order valence-electron chi connectivity index (χ4n) is 3.07. The molecule has 0 fully saturated rings. The Hall–Kier alpha value is -3.42. The van der Waals surface area contributed by atoms with Crippen LogP contribution >= 0.6 is 0 Å². The van der Waals surface area contributed by atoms with E-state index in [0.29, 0.717) is 17.0 Å². The van der Waals surface area contributed by atoms with Gasteiger partial charge < -0.3 is 5.32 Å². The molecule has 0 bridgehead atoms. The average molecular weight is 349 g/mol. The molecule has 4 rings (SSSR count). The van der Waals surface area contributed by atoms with Gasteiger partial charge in [-0.15, -0.1) is 0 Å². The number of fused-ring (bicyclic) bond motifs is 1. The minimum absolute atomic E-state index is 0.0580. The molecule has 0 aliphatic rings.